The Morgan fingerprint density at radius 2 is 1.83 bits per heavy atom. The predicted molar refractivity (Wildman–Crippen MR) is 68.5 cm³/mol. The van der Waals surface area contributed by atoms with Crippen LogP contribution >= 0.6 is 11.8 Å². The lowest BCUT2D eigenvalue weighted by Crippen LogP contribution is -2.27. The lowest BCUT2D eigenvalue weighted by atomic mass is 10.2. The van der Waals surface area contributed by atoms with E-state index < -0.39 is 5.97 Å². The number of hydrogen-bond acceptors (Lipinski definition) is 4. The molecule has 1 aromatic carbocycles. The van der Waals surface area contributed by atoms with Crippen LogP contribution in [-0.2, 0) is 9.59 Å². The van der Waals surface area contributed by atoms with Gasteiger partial charge < -0.3 is 10.4 Å². The van der Waals surface area contributed by atoms with Crippen molar-refractivity contribution in [1.82, 2.24) is 5.32 Å². The van der Waals surface area contributed by atoms with Crippen molar-refractivity contribution in [2.24, 2.45) is 0 Å². The molecule has 0 aromatic heterocycles. The number of carbonyl (C=O) groups is 3. The number of amides is 1. The van der Waals surface area contributed by atoms with E-state index >= 15 is 0 Å². The van der Waals surface area contributed by atoms with Crippen LogP contribution in [0.5, 0.6) is 0 Å². The van der Waals surface area contributed by atoms with Gasteiger partial charge in [0, 0.05) is 12.1 Å². The normalized spacial score (nSPS) is 9.78. The number of benzene rings is 1. The third-order valence-corrected chi connectivity index (χ3v) is 2.91. The summed E-state index contributed by atoms with van der Waals surface area (Å²) in [6.45, 7) is 0.0776. The molecule has 1 aromatic rings. The third kappa shape index (κ3) is 5.49. The van der Waals surface area contributed by atoms with E-state index in [1.807, 2.05) is 0 Å². The highest BCUT2D eigenvalue weighted by atomic mass is 32.2. The van der Waals surface area contributed by atoms with Gasteiger partial charge in [-0.3, -0.25) is 14.4 Å². The summed E-state index contributed by atoms with van der Waals surface area (Å²) >= 11 is 0.898. The quantitative estimate of drug-likeness (QED) is 0.807. The Morgan fingerprint density at radius 3 is 2.44 bits per heavy atom. The lowest BCUT2D eigenvalue weighted by Gasteiger charge is -2.03. The Balaban J connectivity index is 2.26. The molecule has 1 amide bonds. The van der Waals surface area contributed by atoms with E-state index in [2.05, 4.69) is 5.32 Å². The smallest absolute Gasteiger partial charge is 0.305 e. The average molecular weight is 267 g/mol. The molecule has 96 valence electrons. The summed E-state index contributed by atoms with van der Waals surface area (Å²) in [7, 11) is 0. The van der Waals surface area contributed by atoms with Crippen LogP contribution in [0.25, 0.3) is 0 Å². The van der Waals surface area contributed by atoms with Crippen LogP contribution in [0.4, 0.5) is 0 Å². The first kappa shape index (κ1) is 14.2. The van der Waals surface area contributed by atoms with Crippen LogP contribution < -0.4 is 5.32 Å². The first-order chi connectivity index (χ1) is 8.59. The van der Waals surface area contributed by atoms with Crippen LogP contribution in [0.3, 0.4) is 0 Å². The zero-order valence-electron chi connectivity index (χ0n) is 9.59. The molecule has 0 radical (unpaired) electrons. The van der Waals surface area contributed by atoms with Gasteiger partial charge in [0.15, 0.2) is 0 Å². The van der Waals surface area contributed by atoms with E-state index in [0.29, 0.717) is 5.56 Å². The molecular weight excluding hydrogens is 254 g/mol. The van der Waals surface area contributed by atoms with Crippen LogP contribution in [0, 0.1) is 0 Å². The van der Waals surface area contributed by atoms with E-state index in [1.54, 1.807) is 30.3 Å². The number of aliphatic carboxylic acids is 1. The van der Waals surface area contributed by atoms with E-state index in [1.165, 1.54) is 0 Å². The van der Waals surface area contributed by atoms with Crippen molar-refractivity contribution in [2.45, 2.75) is 6.42 Å². The van der Waals surface area contributed by atoms with Gasteiger partial charge in [-0.15, -0.1) is 0 Å². The highest BCUT2D eigenvalue weighted by molar-refractivity contribution is 8.14. The molecule has 0 heterocycles. The summed E-state index contributed by atoms with van der Waals surface area (Å²) in [4.78, 5) is 33.1. The van der Waals surface area contributed by atoms with Crippen molar-refractivity contribution < 1.29 is 19.5 Å². The van der Waals surface area contributed by atoms with Gasteiger partial charge in [0.2, 0.25) is 11.0 Å². The first-order valence-corrected chi connectivity index (χ1v) is 6.29. The zero-order valence-corrected chi connectivity index (χ0v) is 10.4. The third-order valence-electron chi connectivity index (χ3n) is 2.00. The largest absolute Gasteiger partial charge is 0.481 e. The fourth-order valence-corrected chi connectivity index (χ4v) is 1.82. The molecule has 0 aliphatic heterocycles. The molecule has 0 aliphatic carbocycles. The van der Waals surface area contributed by atoms with Crippen LogP contribution in [0.1, 0.15) is 16.8 Å². The Bertz CT molecular complexity index is 433. The van der Waals surface area contributed by atoms with Gasteiger partial charge in [-0.1, -0.05) is 42.1 Å². The molecule has 0 atom stereocenters. The number of carboxylic acids is 1. The molecule has 6 heteroatoms. The van der Waals surface area contributed by atoms with E-state index in [-0.39, 0.29) is 29.7 Å². The second-order valence-electron chi connectivity index (χ2n) is 3.44. The molecular formula is C12H13NO4S. The molecule has 0 spiro atoms. The van der Waals surface area contributed by atoms with Crippen molar-refractivity contribution in [3.05, 3.63) is 35.9 Å². The van der Waals surface area contributed by atoms with E-state index in [0.717, 1.165) is 11.8 Å². The lowest BCUT2D eigenvalue weighted by molar-refractivity contribution is -0.136. The maximum absolute atomic E-state index is 11.6. The molecule has 0 fully saturated rings. The van der Waals surface area contributed by atoms with Crippen LogP contribution in [-0.4, -0.2) is 34.4 Å². The first-order valence-electron chi connectivity index (χ1n) is 5.30. The fraction of sp³-hybridized carbons (Fsp3) is 0.250. The molecule has 0 aliphatic rings. The summed E-state index contributed by atoms with van der Waals surface area (Å²) in [6.07, 6.45) is -0.122. The van der Waals surface area contributed by atoms with Crippen LogP contribution in [0.15, 0.2) is 30.3 Å². The zero-order chi connectivity index (χ0) is 13.4. The monoisotopic (exact) mass is 267 g/mol. The number of thioether (sulfide) groups is 1. The average Bonchev–Trinajstić information content (AvgIpc) is 2.36. The van der Waals surface area contributed by atoms with Gasteiger partial charge in [-0.25, -0.2) is 0 Å². The topological polar surface area (TPSA) is 83.5 Å². The van der Waals surface area contributed by atoms with Crippen LogP contribution in [0.2, 0.25) is 0 Å². The SMILES string of the molecule is O=C(O)CCNC(=O)CSC(=O)c1ccccc1. The number of carbonyl (C=O) groups excluding carboxylic acids is 2. The Labute approximate surface area is 109 Å². The van der Waals surface area contributed by atoms with Gasteiger partial charge in [0.25, 0.3) is 0 Å². The standard InChI is InChI=1S/C12H13NO4S/c14-10(13-7-6-11(15)16)8-18-12(17)9-4-2-1-3-5-9/h1-5H,6-8H2,(H,13,14)(H,15,16). The molecule has 0 unspecified atom stereocenters. The summed E-state index contributed by atoms with van der Waals surface area (Å²) in [5.74, 6) is -1.32. The molecule has 0 saturated carbocycles. The number of hydrogen-bond donors (Lipinski definition) is 2. The van der Waals surface area contributed by atoms with Gasteiger partial charge in [-0.05, 0) is 0 Å². The summed E-state index contributed by atoms with van der Waals surface area (Å²) in [5, 5.41) is 10.6. The van der Waals surface area contributed by atoms with Gasteiger partial charge >= 0.3 is 5.97 Å². The van der Waals surface area contributed by atoms with Gasteiger partial charge in [0.05, 0.1) is 12.2 Å². The fourth-order valence-electron chi connectivity index (χ4n) is 1.15. The van der Waals surface area contributed by atoms with E-state index in [9.17, 15) is 14.4 Å². The number of carboxylic acid groups (broad SMARTS) is 1. The Morgan fingerprint density at radius 1 is 1.17 bits per heavy atom. The van der Waals surface area contributed by atoms with Crippen molar-refractivity contribution in [2.75, 3.05) is 12.3 Å². The van der Waals surface area contributed by atoms with Gasteiger partial charge in [-0.2, -0.15) is 0 Å². The molecule has 18 heavy (non-hydrogen) atoms. The van der Waals surface area contributed by atoms with Gasteiger partial charge in [0.1, 0.15) is 0 Å². The maximum Gasteiger partial charge on any atom is 0.305 e. The maximum atomic E-state index is 11.6. The van der Waals surface area contributed by atoms with Crippen molar-refractivity contribution in [1.29, 1.82) is 0 Å². The molecule has 5 nitrogen and oxygen atoms in total. The Hall–Kier alpha value is -1.82. The molecule has 0 bridgehead atoms. The molecule has 2 N–H and O–H groups in total. The summed E-state index contributed by atoms with van der Waals surface area (Å²) in [5.41, 5.74) is 0.542. The second-order valence-corrected chi connectivity index (χ2v) is 4.38. The number of rotatable bonds is 6. The highest BCUT2D eigenvalue weighted by Gasteiger charge is 2.09. The molecule has 1 rings (SSSR count). The minimum atomic E-state index is -0.969. The summed E-state index contributed by atoms with van der Waals surface area (Å²) in [6, 6.07) is 8.66. The minimum absolute atomic E-state index is 0.00660. The Kier molecular flexibility index (Phi) is 5.93. The van der Waals surface area contributed by atoms with Crippen molar-refractivity contribution in [3.8, 4) is 0 Å². The molecule has 0 saturated heterocycles. The summed E-state index contributed by atoms with van der Waals surface area (Å²) < 4.78 is 0. The van der Waals surface area contributed by atoms with Crippen molar-refractivity contribution >= 4 is 28.8 Å². The minimum Gasteiger partial charge on any atom is -0.481 e. The highest BCUT2D eigenvalue weighted by Crippen LogP contribution is 2.11. The predicted octanol–water partition coefficient (Wildman–Crippen LogP) is 1.15. The second kappa shape index (κ2) is 7.50. The van der Waals surface area contributed by atoms with Crippen molar-refractivity contribution in [3.63, 3.8) is 0 Å². The van der Waals surface area contributed by atoms with E-state index in [4.69, 9.17) is 5.11 Å². The number of nitrogens with one attached hydrogen (secondary N) is 1.